The molecule has 6 nitrogen and oxygen atoms in total. The van der Waals surface area contributed by atoms with Crippen molar-refractivity contribution in [2.45, 2.75) is 38.8 Å². The van der Waals surface area contributed by atoms with Crippen molar-refractivity contribution in [3.05, 3.63) is 35.6 Å². The van der Waals surface area contributed by atoms with Crippen LogP contribution < -0.4 is 5.32 Å². The Labute approximate surface area is 151 Å². The van der Waals surface area contributed by atoms with Crippen molar-refractivity contribution in [3.8, 4) is 0 Å². The van der Waals surface area contributed by atoms with E-state index in [0.717, 1.165) is 0 Å². The molecule has 2 fully saturated rings. The van der Waals surface area contributed by atoms with Crippen molar-refractivity contribution in [2.75, 3.05) is 13.2 Å². The Hall–Kier alpha value is -2.28. The SMILES string of the molecule is CCOC(=O)[C@@]1(CC)N[C@@H](c2cccc(F)c2)[C@H]2C(=O)N(CC)C(=O)[C@@H]21. The van der Waals surface area contributed by atoms with Gasteiger partial charge in [0.15, 0.2) is 0 Å². The van der Waals surface area contributed by atoms with Crippen LogP contribution in [-0.2, 0) is 19.1 Å². The molecule has 1 aromatic rings. The summed E-state index contributed by atoms with van der Waals surface area (Å²) in [5, 5.41) is 3.18. The fraction of sp³-hybridized carbons (Fsp3) is 0.526. The molecule has 0 radical (unpaired) electrons. The maximum Gasteiger partial charge on any atom is 0.327 e. The molecular formula is C19H23FN2O4. The average molecular weight is 362 g/mol. The molecule has 7 heteroatoms. The predicted octanol–water partition coefficient (Wildman–Crippen LogP) is 1.80. The maximum atomic E-state index is 13.8. The van der Waals surface area contributed by atoms with Crippen molar-refractivity contribution in [1.82, 2.24) is 10.2 Å². The highest BCUT2D eigenvalue weighted by molar-refractivity contribution is 6.09. The summed E-state index contributed by atoms with van der Waals surface area (Å²) in [4.78, 5) is 39.8. The average Bonchev–Trinajstić information content (AvgIpc) is 3.10. The van der Waals surface area contributed by atoms with Gasteiger partial charge in [-0.3, -0.25) is 24.6 Å². The molecule has 0 aliphatic carbocycles. The summed E-state index contributed by atoms with van der Waals surface area (Å²) >= 11 is 0. The summed E-state index contributed by atoms with van der Waals surface area (Å²) in [5.41, 5.74) is -0.757. The second kappa shape index (κ2) is 6.79. The van der Waals surface area contributed by atoms with Gasteiger partial charge in [0, 0.05) is 12.6 Å². The second-order valence-electron chi connectivity index (χ2n) is 6.65. The van der Waals surface area contributed by atoms with Crippen LogP contribution >= 0.6 is 0 Å². The number of hydrogen-bond donors (Lipinski definition) is 1. The van der Waals surface area contributed by atoms with Crippen molar-refractivity contribution >= 4 is 17.8 Å². The van der Waals surface area contributed by atoms with E-state index in [9.17, 15) is 18.8 Å². The predicted molar refractivity (Wildman–Crippen MR) is 91.3 cm³/mol. The van der Waals surface area contributed by atoms with Gasteiger partial charge in [-0.05, 0) is 38.0 Å². The zero-order chi connectivity index (χ0) is 19.1. The summed E-state index contributed by atoms with van der Waals surface area (Å²) in [5.74, 6) is -3.29. The smallest absolute Gasteiger partial charge is 0.327 e. The first kappa shape index (κ1) is 18.5. The number of likely N-dealkylation sites (tertiary alicyclic amines) is 1. The van der Waals surface area contributed by atoms with Gasteiger partial charge in [0.25, 0.3) is 0 Å². The van der Waals surface area contributed by atoms with Gasteiger partial charge in [-0.1, -0.05) is 19.1 Å². The van der Waals surface area contributed by atoms with E-state index in [-0.39, 0.29) is 31.4 Å². The standard InChI is InChI=1S/C19H23FN2O4/c1-4-19(18(25)26-6-3)14-13(16(23)22(5-2)17(14)24)15(21-19)11-8-7-9-12(20)10-11/h7-10,13-15,21H,4-6H2,1-3H3/t13-,14+,15-,19-/m0/s1. The van der Waals surface area contributed by atoms with Crippen LogP contribution in [0.3, 0.4) is 0 Å². The molecule has 1 N–H and O–H groups in total. The molecule has 2 saturated heterocycles. The Bertz CT molecular complexity index is 753. The number of hydrogen-bond acceptors (Lipinski definition) is 5. The minimum atomic E-state index is -1.30. The van der Waals surface area contributed by atoms with Crippen molar-refractivity contribution < 1.29 is 23.5 Å². The molecule has 0 saturated carbocycles. The number of fused-ring (bicyclic) bond motifs is 1. The Morgan fingerprint density at radius 2 is 2.00 bits per heavy atom. The van der Waals surface area contributed by atoms with Crippen LogP contribution in [0.4, 0.5) is 4.39 Å². The van der Waals surface area contributed by atoms with E-state index in [1.807, 2.05) is 0 Å². The van der Waals surface area contributed by atoms with Crippen LogP contribution in [0.15, 0.2) is 24.3 Å². The lowest BCUT2D eigenvalue weighted by molar-refractivity contribution is -0.156. The van der Waals surface area contributed by atoms with Gasteiger partial charge in [0.05, 0.1) is 18.4 Å². The van der Waals surface area contributed by atoms with Gasteiger partial charge in [-0.25, -0.2) is 4.39 Å². The highest BCUT2D eigenvalue weighted by Gasteiger charge is 2.67. The van der Waals surface area contributed by atoms with Gasteiger partial charge in [0.1, 0.15) is 11.4 Å². The molecule has 0 spiro atoms. The number of ether oxygens (including phenoxy) is 1. The summed E-state index contributed by atoms with van der Waals surface area (Å²) < 4.78 is 19.0. The van der Waals surface area contributed by atoms with Crippen LogP contribution in [-0.4, -0.2) is 41.4 Å². The number of imide groups is 1. The number of halogens is 1. The molecule has 2 amide bonds. The Morgan fingerprint density at radius 3 is 2.58 bits per heavy atom. The van der Waals surface area contributed by atoms with Crippen LogP contribution in [0.25, 0.3) is 0 Å². The van der Waals surface area contributed by atoms with Crippen molar-refractivity contribution in [1.29, 1.82) is 0 Å². The largest absolute Gasteiger partial charge is 0.465 e. The third kappa shape index (κ3) is 2.53. The number of nitrogens with one attached hydrogen (secondary N) is 1. The zero-order valence-corrected chi connectivity index (χ0v) is 15.1. The van der Waals surface area contributed by atoms with Crippen molar-refractivity contribution in [3.63, 3.8) is 0 Å². The monoisotopic (exact) mass is 362 g/mol. The molecule has 26 heavy (non-hydrogen) atoms. The molecule has 0 unspecified atom stereocenters. The summed E-state index contributed by atoms with van der Waals surface area (Å²) in [6.45, 7) is 5.60. The zero-order valence-electron chi connectivity index (χ0n) is 15.1. The Kier molecular flexibility index (Phi) is 4.84. The van der Waals surface area contributed by atoms with E-state index < -0.39 is 35.2 Å². The number of rotatable bonds is 5. The molecule has 2 aliphatic rings. The summed E-state index contributed by atoms with van der Waals surface area (Å²) in [6.07, 6.45) is 0.287. The van der Waals surface area contributed by atoms with Crippen LogP contribution in [0, 0.1) is 17.7 Å². The second-order valence-corrected chi connectivity index (χ2v) is 6.65. The molecular weight excluding hydrogens is 339 g/mol. The molecule has 2 aliphatic heterocycles. The minimum Gasteiger partial charge on any atom is -0.465 e. The Balaban J connectivity index is 2.13. The van der Waals surface area contributed by atoms with E-state index in [1.54, 1.807) is 32.9 Å². The lowest BCUT2D eigenvalue weighted by Crippen LogP contribution is -2.56. The van der Waals surface area contributed by atoms with E-state index in [0.29, 0.717) is 5.56 Å². The first-order valence-corrected chi connectivity index (χ1v) is 8.96. The highest BCUT2D eigenvalue weighted by Crippen LogP contribution is 2.50. The number of esters is 1. The normalized spacial score (nSPS) is 30.6. The van der Waals surface area contributed by atoms with Crippen LogP contribution in [0.5, 0.6) is 0 Å². The number of amides is 2. The number of carbonyl (C=O) groups excluding carboxylic acids is 3. The van der Waals surface area contributed by atoms with E-state index in [1.165, 1.54) is 17.0 Å². The number of nitrogens with zero attached hydrogens (tertiary/aromatic N) is 1. The van der Waals surface area contributed by atoms with E-state index >= 15 is 0 Å². The molecule has 2 heterocycles. The fourth-order valence-corrected chi connectivity index (χ4v) is 4.28. The van der Waals surface area contributed by atoms with Gasteiger partial charge in [-0.15, -0.1) is 0 Å². The molecule has 3 rings (SSSR count). The summed E-state index contributed by atoms with van der Waals surface area (Å²) in [7, 11) is 0. The molecule has 1 aromatic carbocycles. The fourth-order valence-electron chi connectivity index (χ4n) is 4.28. The van der Waals surface area contributed by atoms with E-state index in [2.05, 4.69) is 5.32 Å². The van der Waals surface area contributed by atoms with E-state index in [4.69, 9.17) is 4.74 Å². The van der Waals surface area contributed by atoms with Gasteiger partial charge in [-0.2, -0.15) is 0 Å². The third-order valence-electron chi connectivity index (χ3n) is 5.47. The Morgan fingerprint density at radius 1 is 1.27 bits per heavy atom. The van der Waals surface area contributed by atoms with Gasteiger partial charge >= 0.3 is 5.97 Å². The number of benzene rings is 1. The van der Waals surface area contributed by atoms with Crippen LogP contribution in [0.1, 0.15) is 38.8 Å². The maximum absolute atomic E-state index is 13.8. The minimum absolute atomic E-state index is 0.171. The lowest BCUT2D eigenvalue weighted by atomic mass is 9.78. The first-order chi connectivity index (χ1) is 12.4. The van der Waals surface area contributed by atoms with Gasteiger partial charge < -0.3 is 4.74 Å². The van der Waals surface area contributed by atoms with Gasteiger partial charge in [0.2, 0.25) is 11.8 Å². The summed E-state index contributed by atoms with van der Waals surface area (Å²) in [6, 6.07) is 5.26. The molecule has 140 valence electrons. The third-order valence-corrected chi connectivity index (χ3v) is 5.47. The molecule has 0 bridgehead atoms. The quantitative estimate of drug-likeness (QED) is 0.639. The lowest BCUT2D eigenvalue weighted by Gasteiger charge is -2.31. The number of carbonyl (C=O) groups is 3. The first-order valence-electron chi connectivity index (χ1n) is 8.96. The molecule has 4 atom stereocenters. The highest BCUT2D eigenvalue weighted by atomic mass is 19.1. The van der Waals surface area contributed by atoms with Crippen molar-refractivity contribution in [2.24, 2.45) is 11.8 Å². The molecule has 0 aromatic heterocycles. The van der Waals surface area contributed by atoms with Crippen LogP contribution in [0.2, 0.25) is 0 Å². The topological polar surface area (TPSA) is 75.7 Å².